The van der Waals surface area contributed by atoms with E-state index < -0.39 is 11.6 Å². The number of halogens is 3. The van der Waals surface area contributed by atoms with E-state index in [0.29, 0.717) is 38.7 Å². The van der Waals surface area contributed by atoms with E-state index in [1.807, 2.05) is 0 Å². The zero-order valence-electron chi connectivity index (χ0n) is 11.5. The average Bonchev–Trinajstić information content (AvgIpc) is 2.41. The molecule has 0 amide bonds. The van der Waals surface area contributed by atoms with Gasteiger partial charge >= 0.3 is 0 Å². The van der Waals surface area contributed by atoms with Crippen molar-refractivity contribution < 1.29 is 23.0 Å². The van der Waals surface area contributed by atoms with Crippen molar-refractivity contribution in [3.8, 4) is 5.75 Å². The Morgan fingerprint density at radius 3 is 2.05 bits per heavy atom. The summed E-state index contributed by atoms with van der Waals surface area (Å²) < 4.78 is 42.5. The lowest BCUT2D eigenvalue weighted by Crippen LogP contribution is -2.11. The van der Waals surface area contributed by atoms with Crippen molar-refractivity contribution in [3.63, 3.8) is 0 Å². The number of hydrogen-bond donors (Lipinski definition) is 0. The normalized spacial score (nSPS) is 10.8. The SMILES string of the molecule is CCc1c(F)cc(OCCOCCOCCCl)cc1F. The quantitative estimate of drug-likeness (QED) is 0.491. The predicted molar refractivity (Wildman–Crippen MR) is 73.6 cm³/mol. The van der Waals surface area contributed by atoms with Crippen molar-refractivity contribution in [3.05, 3.63) is 29.3 Å². The maximum atomic E-state index is 13.5. The Morgan fingerprint density at radius 2 is 1.50 bits per heavy atom. The topological polar surface area (TPSA) is 27.7 Å². The molecule has 3 nitrogen and oxygen atoms in total. The van der Waals surface area contributed by atoms with Gasteiger partial charge in [-0.15, -0.1) is 11.6 Å². The highest BCUT2D eigenvalue weighted by Crippen LogP contribution is 2.20. The third-order valence-corrected chi connectivity index (χ3v) is 2.71. The van der Waals surface area contributed by atoms with Crippen LogP contribution in [0.2, 0.25) is 0 Å². The third-order valence-electron chi connectivity index (χ3n) is 2.56. The summed E-state index contributed by atoms with van der Waals surface area (Å²) in [5.41, 5.74) is 0.0741. The summed E-state index contributed by atoms with van der Waals surface area (Å²) in [6, 6.07) is 2.37. The second-order valence-corrected chi connectivity index (χ2v) is 4.36. The molecule has 0 heterocycles. The van der Waals surface area contributed by atoms with Crippen molar-refractivity contribution in [1.82, 2.24) is 0 Å². The van der Waals surface area contributed by atoms with Gasteiger partial charge in [-0.25, -0.2) is 8.78 Å². The molecule has 0 radical (unpaired) electrons. The summed E-state index contributed by atoms with van der Waals surface area (Å²) in [5.74, 6) is -0.552. The van der Waals surface area contributed by atoms with Crippen LogP contribution in [0.4, 0.5) is 8.78 Å². The van der Waals surface area contributed by atoms with Crippen LogP contribution in [0.1, 0.15) is 12.5 Å². The van der Waals surface area contributed by atoms with Gasteiger partial charge < -0.3 is 14.2 Å². The Kier molecular flexibility index (Phi) is 8.49. The number of benzene rings is 1. The van der Waals surface area contributed by atoms with Crippen LogP contribution in [0.5, 0.6) is 5.75 Å². The van der Waals surface area contributed by atoms with Crippen LogP contribution < -0.4 is 4.74 Å². The molecule has 0 spiro atoms. The molecule has 0 fully saturated rings. The minimum atomic E-state index is -0.585. The average molecular weight is 309 g/mol. The predicted octanol–water partition coefficient (Wildman–Crippen LogP) is 3.18. The summed E-state index contributed by atoms with van der Waals surface area (Å²) >= 11 is 5.43. The fourth-order valence-corrected chi connectivity index (χ4v) is 1.70. The maximum Gasteiger partial charge on any atom is 0.132 e. The smallest absolute Gasteiger partial charge is 0.132 e. The summed E-state index contributed by atoms with van der Waals surface area (Å²) in [4.78, 5) is 0. The van der Waals surface area contributed by atoms with Crippen molar-refractivity contribution in [2.24, 2.45) is 0 Å². The summed E-state index contributed by atoms with van der Waals surface area (Å²) in [6.07, 6.45) is 0.309. The molecule has 0 bridgehead atoms. The van der Waals surface area contributed by atoms with Crippen LogP contribution in [-0.2, 0) is 15.9 Å². The molecule has 1 aromatic carbocycles. The van der Waals surface area contributed by atoms with Crippen molar-refractivity contribution in [2.45, 2.75) is 13.3 Å². The molecule has 0 atom stereocenters. The first-order valence-corrected chi connectivity index (χ1v) is 7.04. The molecule has 1 aromatic rings. The first-order chi connectivity index (χ1) is 9.69. The molecule has 6 heteroatoms. The van der Waals surface area contributed by atoms with Gasteiger partial charge in [-0.1, -0.05) is 6.92 Å². The monoisotopic (exact) mass is 308 g/mol. The molecule has 0 aliphatic carbocycles. The molecule has 0 aromatic heterocycles. The van der Waals surface area contributed by atoms with Gasteiger partial charge in [-0.3, -0.25) is 0 Å². The van der Waals surface area contributed by atoms with E-state index in [9.17, 15) is 8.78 Å². The van der Waals surface area contributed by atoms with Crippen LogP contribution in [0.3, 0.4) is 0 Å². The fourth-order valence-electron chi connectivity index (χ4n) is 1.60. The van der Waals surface area contributed by atoms with Gasteiger partial charge in [0.25, 0.3) is 0 Å². The Labute approximate surface area is 122 Å². The molecule has 20 heavy (non-hydrogen) atoms. The third kappa shape index (κ3) is 6.03. The molecule has 0 N–H and O–H groups in total. The molecule has 0 aliphatic heterocycles. The van der Waals surface area contributed by atoms with Gasteiger partial charge in [-0.2, -0.15) is 0 Å². The number of hydrogen-bond acceptors (Lipinski definition) is 3. The van der Waals surface area contributed by atoms with Crippen molar-refractivity contribution in [1.29, 1.82) is 0 Å². The Hall–Kier alpha value is -0.910. The first kappa shape index (κ1) is 17.1. The summed E-state index contributed by atoms with van der Waals surface area (Å²) in [6.45, 7) is 3.62. The fraction of sp³-hybridized carbons (Fsp3) is 0.571. The van der Waals surface area contributed by atoms with Gasteiger partial charge in [0.1, 0.15) is 24.0 Å². The lowest BCUT2D eigenvalue weighted by molar-refractivity contribution is 0.0409. The van der Waals surface area contributed by atoms with Crippen LogP contribution >= 0.6 is 11.6 Å². The van der Waals surface area contributed by atoms with Gasteiger partial charge in [-0.05, 0) is 6.42 Å². The molecule has 114 valence electrons. The minimum Gasteiger partial charge on any atom is -0.491 e. The van der Waals surface area contributed by atoms with Gasteiger partial charge in [0.05, 0.1) is 26.4 Å². The van der Waals surface area contributed by atoms with Crippen LogP contribution in [0.25, 0.3) is 0 Å². The van der Waals surface area contributed by atoms with E-state index in [-0.39, 0.29) is 17.9 Å². The number of alkyl halides is 1. The molecule has 0 saturated carbocycles. The number of rotatable bonds is 10. The maximum absolute atomic E-state index is 13.5. The van der Waals surface area contributed by atoms with Crippen molar-refractivity contribution in [2.75, 3.05) is 38.9 Å². The first-order valence-electron chi connectivity index (χ1n) is 6.51. The highest BCUT2D eigenvalue weighted by Gasteiger charge is 2.09. The summed E-state index contributed by atoms with van der Waals surface area (Å²) in [5, 5.41) is 0. The van der Waals surface area contributed by atoms with Crippen LogP contribution in [-0.4, -0.2) is 38.9 Å². The van der Waals surface area contributed by atoms with Crippen LogP contribution in [0, 0.1) is 11.6 Å². The molecular formula is C14H19ClF2O3. The largest absolute Gasteiger partial charge is 0.491 e. The highest BCUT2D eigenvalue weighted by molar-refractivity contribution is 6.17. The van der Waals surface area contributed by atoms with Gasteiger partial charge in [0.15, 0.2) is 0 Å². The van der Waals surface area contributed by atoms with Crippen molar-refractivity contribution >= 4 is 11.6 Å². The standard InChI is InChI=1S/C14H19ClF2O3/c1-2-12-13(16)9-11(10-14(12)17)20-8-7-19-6-5-18-4-3-15/h9-10H,2-8H2,1H3. The molecule has 0 saturated heterocycles. The number of ether oxygens (including phenoxy) is 3. The Morgan fingerprint density at radius 1 is 0.950 bits per heavy atom. The van der Waals surface area contributed by atoms with E-state index >= 15 is 0 Å². The van der Waals surface area contributed by atoms with E-state index in [2.05, 4.69) is 0 Å². The van der Waals surface area contributed by atoms with E-state index in [1.54, 1.807) is 6.92 Å². The lowest BCUT2D eigenvalue weighted by atomic mass is 10.1. The highest BCUT2D eigenvalue weighted by atomic mass is 35.5. The summed E-state index contributed by atoms with van der Waals surface area (Å²) in [7, 11) is 0. The Bertz CT molecular complexity index is 379. The Balaban J connectivity index is 2.22. The molecule has 0 unspecified atom stereocenters. The second kappa shape index (κ2) is 9.91. The molecule has 1 rings (SSSR count). The molecular weight excluding hydrogens is 290 g/mol. The van der Waals surface area contributed by atoms with E-state index in [1.165, 1.54) is 12.1 Å². The van der Waals surface area contributed by atoms with E-state index in [4.69, 9.17) is 25.8 Å². The zero-order chi connectivity index (χ0) is 14.8. The van der Waals surface area contributed by atoms with Gasteiger partial charge in [0.2, 0.25) is 0 Å². The minimum absolute atomic E-state index is 0.0741. The zero-order valence-corrected chi connectivity index (χ0v) is 12.2. The van der Waals surface area contributed by atoms with E-state index in [0.717, 1.165) is 0 Å². The molecule has 0 aliphatic rings. The van der Waals surface area contributed by atoms with Crippen LogP contribution in [0.15, 0.2) is 12.1 Å². The second-order valence-electron chi connectivity index (χ2n) is 3.98. The lowest BCUT2D eigenvalue weighted by Gasteiger charge is -2.09. The van der Waals surface area contributed by atoms with Gasteiger partial charge in [0, 0.05) is 23.6 Å².